The van der Waals surface area contributed by atoms with Crippen molar-refractivity contribution in [3.63, 3.8) is 0 Å². The van der Waals surface area contributed by atoms with E-state index in [-0.39, 0.29) is 5.91 Å². The lowest BCUT2D eigenvalue weighted by molar-refractivity contribution is 0.0576. The van der Waals surface area contributed by atoms with Gasteiger partial charge in [-0.1, -0.05) is 15.9 Å². The molecule has 0 bridgehead atoms. The van der Waals surface area contributed by atoms with Crippen LogP contribution in [0.4, 0.5) is 0 Å². The van der Waals surface area contributed by atoms with Crippen LogP contribution in [-0.4, -0.2) is 33.7 Å². The lowest BCUT2D eigenvalue weighted by Gasteiger charge is -2.37. The highest BCUT2D eigenvalue weighted by molar-refractivity contribution is 9.09. The minimum atomic E-state index is 0.104. The monoisotopic (exact) mass is 302 g/mol. The van der Waals surface area contributed by atoms with Crippen LogP contribution in [0, 0.1) is 0 Å². The highest BCUT2D eigenvalue weighted by Crippen LogP contribution is 2.26. The maximum absolute atomic E-state index is 12.2. The number of hydrogen-bond acceptors (Lipinski definition) is 3. The molecular formula is C11H15BrN2OS. The molecule has 2 rings (SSSR count). The zero-order valence-corrected chi connectivity index (χ0v) is 11.5. The fraction of sp³-hybridized carbons (Fsp3) is 0.636. The van der Waals surface area contributed by atoms with Gasteiger partial charge in [0.05, 0.1) is 5.51 Å². The summed E-state index contributed by atoms with van der Waals surface area (Å²) < 4.78 is 0. The first-order valence-electron chi connectivity index (χ1n) is 5.58. The average molecular weight is 303 g/mol. The molecule has 0 aromatic carbocycles. The predicted octanol–water partition coefficient (Wildman–Crippen LogP) is 2.92. The molecule has 5 heteroatoms. The molecule has 0 N–H and O–H groups in total. The fourth-order valence-corrected chi connectivity index (χ4v) is 2.62. The minimum absolute atomic E-state index is 0.104. The van der Waals surface area contributed by atoms with Gasteiger partial charge in [-0.3, -0.25) is 4.79 Å². The van der Waals surface area contributed by atoms with Crippen molar-refractivity contribution in [2.45, 2.75) is 31.7 Å². The smallest absolute Gasteiger partial charge is 0.273 e. The molecule has 1 aliphatic rings. The lowest BCUT2D eigenvalue weighted by Crippen LogP contribution is -2.45. The van der Waals surface area contributed by atoms with Gasteiger partial charge < -0.3 is 4.90 Å². The van der Waals surface area contributed by atoms with Crippen molar-refractivity contribution in [1.82, 2.24) is 9.88 Å². The standard InChI is InChI=1S/C11H15BrN2OS/c12-5-2-6-14(9-3-1-4-9)11(15)10-7-16-8-13-10/h7-9H,1-6H2. The van der Waals surface area contributed by atoms with Crippen molar-refractivity contribution < 1.29 is 4.79 Å². The molecule has 0 unspecified atom stereocenters. The van der Waals surface area contributed by atoms with Crippen molar-refractivity contribution in [1.29, 1.82) is 0 Å². The number of carbonyl (C=O) groups is 1. The average Bonchev–Trinajstić information content (AvgIpc) is 2.73. The van der Waals surface area contributed by atoms with Gasteiger partial charge in [0, 0.05) is 23.3 Å². The molecule has 1 aromatic heterocycles. The van der Waals surface area contributed by atoms with Crippen molar-refractivity contribution >= 4 is 33.2 Å². The van der Waals surface area contributed by atoms with Gasteiger partial charge in [-0.25, -0.2) is 4.98 Å². The number of hydrogen-bond donors (Lipinski definition) is 0. The maximum atomic E-state index is 12.2. The molecule has 0 spiro atoms. The summed E-state index contributed by atoms with van der Waals surface area (Å²) in [6, 6.07) is 0.452. The predicted molar refractivity (Wildman–Crippen MR) is 69.2 cm³/mol. The normalized spacial score (nSPS) is 15.8. The van der Waals surface area contributed by atoms with Gasteiger partial charge in [0.2, 0.25) is 0 Å². The number of rotatable bonds is 5. The Balaban J connectivity index is 2.02. The molecule has 1 aliphatic carbocycles. The summed E-state index contributed by atoms with van der Waals surface area (Å²) in [5.41, 5.74) is 2.32. The van der Waals surface area contributed by atoms with Crippen LogP contribution in [0.15, 0.2) is 10.9 Å². The Hall–Kier alpha value is -0.420. The van der Waals surface area contributed by atoms with Crippen molar-refractivity contribution in [3.05, 3.63) is 16.6 Å². The van der Waals surface area contributed by atoms with E-state index in [2.05, 4.69) is 20.9 Å². The summed E-state index contributed by atoms with van der Waals surface area (Å²) in [4.78, 5) is 18.3. The van der Waals surface area contributed by atoms with E-state index in [9.17, 15) is 4.79 Å². The molecule has 88 valence electrons. The number of amides is 1. The van der Waals surface area contributed by atoms with Gasteiger partial charge in [0.15, 0.2) is 0 Å². The summed E-state index contributed by atoms with van der Waals surface area (Å²) in [6.07, 6.45) is 4.56. The van der Waals surface area contributed by atoms with Crippen LogP contribution in [0.2, 0.25) is 0 Å². The third-order valence-electron chi connectivity index (χ3n) is 2.96. The summed E-state index contributed by atoms with van der Waals surface area (Å²) in [5.74, 6) is 0.104. The van der Waals surface area contributed by atoms with Gasteiger partial charge in [-0.15, -0.1) is 11.3 Å². The molecule has 0 saturated heterocycles. The Bertz CT molecular complexity index is 338. The van der Waals surface area contributed by atoms with Gasteiger partial charge in [0.25, 0.3) is 5.91 Å². The largest absolute Gasteiger partial charge is 0.334 e. The highest BCUT2D eigenvalue weighted by Gasteiger charge is 2.29. The summed E-state index contributed by atoms with van der Waals surface area (Å²) >= 11 is 4.89. The van der Waals surface area contributed by atoms with Gasteiger partial charge in [0.1, 0.15) is 5.69 Å². The quantitative estimate of drug-likeness (QED) is 0.784. The Morgan fingerprint density at radius 1 is 1.62 bits per heavy atom. The summed E-state index contributed by atoms with van der Waals surface area (Å²) in [7, 11) is 0. The van der Waals surface area contributed by atoms with E-state index in [0.717, 1.165) is 31.1 Å². The lowest BCUT2D eigenvalue weighted by atomic mass is 9.91. The molecule has 0 aliphatic heterocycles. The number of thiazole rings is 1. The van der Waals surface area contributed by atoms with E-state index in [1.54, 1.807) is 5.51 Å². The first-order valence-corrected chi connectivity index (χ1v) is 7.64. The number of nitrogens with zero attached hydrogens (tertiary/aromatic N) is 2. The molecule has 0 atom stereocenters. The first-order chi connectivity index (χ1) is 7.83. The summed E-state index contributed by atoms with van der Waals surface area (Å²) in [5, 5.41) is 2.78. The Morgan fingerprint density at radius 2 is 2.44 bits per heavy atom. The van der Waals surface area contributed by atoms with Crippen LogP contribution in [0.1, 0.15) is 36.2 Å². The molecule has 0 radical (unpaired) electrons. The number of halogens is 1. The van der Waals surface area contributed by atoms with Crippen LogP contribution in [-0.2, 0) is 0 Å². The molecule has 3 nitrogen and oxygen atoms in total. The maximum Gasteiger partial charge on any atom is 0.273 e. The van der Waals surface area contributed by atoms with Crippen LogP contribution < -0.4 is 0 Å². The molecular weight excluding hydrogens is 288 g/mol. The van der Waals surface area contributed by atoms with E-state index in [4.69, 9.17) is 0 Å². The van der Waals surface area contributed by atoms with Gasteiger partial charge in [-0.2, -0.15) is 0 Å². The van der Waals surface area contributed by atoms with Crippen molar-refractivity contribution in [3.8, 4) is 0 Å². The topological polar surface area (TPSA) is 33.2 Å². The Labute approximate surface area is 108 Å². The second-order valence-corrected chi connectivity index (χ2v) is 5.51. The van der Waals surface area contributed by atoms with E-state index in [1.165, 1.54) is 17.8 Å². The second-order valence-electron chi connectivity index (χ2n) is 4.00. The van der Waals surface area contributed by atoms with Crippen LogP contribution >= 0.6 is 27.3 Å². The number of carbonyl (C=O) groups excluding carboxylic acids is 1. The molecule has 1 fully saturated rings. The number of aromatic nitrogens is 1. The molecule has 1 heterocycles. The van der Waals surface area contributed by atoms with Gasteiger partial charge in [-0.05, 0) is 25.7 Å². The van der Waals surface area contributed by atoms with Crippen molar-refractivity contribution in [2.75, 3.05) is 11.9 Å². The third kappa shape index (κ3) is 2.63. The van der Waals surface area contributed by atoms with E-state index >= 15 is 0 Å². The SMILES string of the molecule is O=C(c1cscn1)N(CCCBr)C1CCC1. The molecule has 1 amide bonds. The van der Waals surface area contributed by atoms with Crippen LogP contribution in [0.3, 0.4) is 0 Å². The molecule has 1 saturated carbocycles. The molecule has 16 heavy (non-hydrogen) atoms. The van der Waals surface area contributed by atoms with Crippen LogP contribution in [0.25, 0.3) is 0 Å². The first kappa shape index (κ1) is 12.0. The number of alkyl halides is 1. The van der Waals surface area contributed by atoms with E-state index in [1.807, 2.05) is 10.3 Å². The Morgan fingerprint density at radius 3 is 2.94 bits per heavy atom. The molecule has 1 aromatic rings. The minimum Gasteiger partial charge on any atom is -0.334 e. The van der Waals surface area contributed by atoms with Gasteiger partial charge >= 0.3 is 0 Å². The highest BCUT2D eigenvalue weighted by atomic mass is 79.9. The van der Waals surface area contributed by atoms with E-state index < -0.39 is 0 Å². The fourth-order valence-electron chi connectivity index (χ4n) is 1.84. The third-order valence-corrected chi connectivity index (χ3v) is 4.11. The van der Waals surface area contributed by atoms with Crippen LogP contribution in [0.5, 0.6) is 0 Å². The zero-order valence-electron chi connectivity index (χ0n) is 9.06. The Kier molecular flexibility index (Phi) is 4.35. The summed E-state index contributed by atoms with van der Waals surface area (Å²) in [6.45, 7) is 0.840. The van der Waals surface area contributed by atoms with Crippen molar-refractivity contribution in [2.24, 2.45) is 0 Å². The zero-order chi connectivity index (χ0) is 11.4. The second kappa shape index (κ2) is 5.77. The van der Waals surface area contributed by atoms with E-state index in [0.29, 0.717) is 11.7 Å².